The molecule has 0 saturated heterocycles. The van der Waals surface area contributed by atoms with Crippen LogP contribution in [0.3, 0.4) is 0 Å². The van der Waals surface area contributed by atoms with Crippen LogP contribution in [0.1, 0.15) is 61.5 Å². The predicted octanol–water partition coefficient (Wildman–Crippen LogP) is 4.07. The van der Waals surface area contributed by atoms with Gasteiger partial charge >= 0.3 is 5.97 Å². The number of aryl methyl sites for hydroxylation is 2. The third-order valence-electron chi connectivity index (χ3n) is 5.10. The van der Waals surface area contributed by atoms with Gasteiger partial charge in [0.25, 0.3) is 5.91 Å². The second-order valence-electron chi connectivity index (χ2n) is 7.14. The topological polar surface area (TPSA) is 98.2 Å². The molecule has 7 nitrogen and oxygen atoms in total. The summed E-state index contributed by atoms with van der Waals surface area (Å²) in [6.07, 6.45) is 4.37. The number of esters is 1. The number of fused-ring (bicyclic) bond motifs is 1. The van der Waals surface area contributed by atoms with E-state index in [1.807, 2.05) is 25.1 Å². The van der Waals surface area contributed by atoms with E-state index in [0.29, 0.717) is 33.1 Å². The molecule has 0 fully saturated rings. The molecule has 3 aromatic rings. The lowest BCUT2D eigenvalue weighted by Gasteiger charge is -2.12. The number of ether oxygens (including phenoxy) is 1. The van der Waals surface area contributed by atoms with Crippen molar-refractivity contribution in [3.05, 3.63) is 62.5 Å². The highest BCUT2D eigenvalue weighted by Gasteiger charge is 2.27. The monoisotopic (exact) mass is 455 g/mol. The Hall–Kier alpha value is -2.91. The molecule has 1 N–H and O–H groups in total. The largest absolute Gasteiger partial charge is 0.451 e. The number of hydrogen-bond acceptors (Lipinski definition) is 8. The Morgan fingerprint density at radius 3 is 2.68 bits per heavy atom. The zero-order chi connectivity index (χ0) is 21.8. The molecular weight excluding hydrogens is 434 g/mol. The van der Waals surface area contributed by atoms with Gasteiger partial charge < -0.3 is 10.1 Å². The number of hydrogen-bond donors (Lipinski definition) is 1. The maximum atomic E-state index is 13.2. The van der Waals surface area contributed by atoms with Gasteiger partial charge in [0.2, 0.25) is 0 Å². The third kappa shape index (κ3) is 4.57. The van der Waals surface area contributed by atoms with Crippen molar-refractivity contribution in [2.45, 2.75) is 39.0 Å². The minimum atomic E-state index is -0.618. The molecule has 0 spiro atoms. The van der Waals surface area contributed by atoms with Crippen molar-refractivity contribution in [1.82, 2.24) is 9.59 Å². The summed E-state index contributed by atoms with van der Waals surface area (Å²) in [5, 5.41) is 7.20. The van der Waals surface area contributed by atoms with Gasteiger partial charge in [-0.1, -0.05) is 41.7 Å². The highest BCUT2D eigenvalue weighted by molar-refractivity contribution is 7.17. The minimum Gasteiger partial charge on any atom is -0.451 e. The molecule has 9 heteroatoms. The van der Waals surface area contributed by atoms with Gasteiger partial charge in [-0.05, 0) is 49.2 Å². The Morgan fingerprint density at radius 2 is 1.90 bits per heavy atom. The average molecular weight is 456 g/mol. The van der Waals surface area contributed by atoms with Gasteiger partial charge in [0, 0.05) is 10.4 Å². The molecule has 0 bridgehead atoms. The Balaban J connectivity index is 1.51. The van der Waals surface area contributed by atoms with E-state index in [1.54, 1.807) is 12.1 Å². The SMILES string of the molecule is CCc1nnsc1C(=O)OCC(=O)Nc1sc2c(c1C(=O)c1ccccc1)CCCC2. The number of nitrogens with zero attached hydrogens (tertiary/aromatic N) is 2. The number of nitrogens with one attached hydrogen (secondary N) is 1. The molecule has 31 heavy (non-hydrogen) atoms. The van der Waals surface area contributed by atoms with Gasteiger partial charge in [-0.2, -0.15) is 0 Å². The molecule has 1 aliphatic carbocycles. The van der Waals surface area contributed by atoms with E-state index in [0.717, 1.165) is 47.7 Å². The number of aromatic nitrogens is 2. The smallest absolute Gasteiger partial charge is 0.352 e. The van der Waals surface area contributed by atoms with Crippen LogP contribution in [0.15, 0.2) is 30.3 Å². The van der Waals surface area contributed by atoms with Crippen molar-refractivity contribution in [3.63, 3.8) is 0 Å². The number of anilines is 1. The van der Waals surface area contributed by atoms with Crippen molar-refractivity contribution in [2.24, 2.45) is 0 Å². The number of thiophene rings is 1. The van der Waals surface area contributed by atoms with E-state index in [4.69, 9.17) is 4.74 Å². The van der Waals surface area contributed by atoms with Gasteiger partial charge in [0.15, 0.2) is 17.3 Å². The van der Waals surface area contributed by atoms with E-state index in [-0.39, 0.29) is 5.78 Å². The summed E-state index contributed by atoms with van der Waals surface area (Å²) in [6.45, 7) is 1.42. The van der Waals surface area contributed by atoms with E-state index >= 15 is 0 Å². The van der Waals surface area contributed by atoms with E-state index in [9.17, 15) is 14.4 Å². The van der Waals surface area contributed by atoms with Crippen LogP contribution < -0.4 is 5.32 Å². The Labute approximate surface area is 187 Å². The number of benzene rings is 1. The standard InChI is InChI=1S/C22H21N3O4S2/c1-2-15-20(31-25-24-15)22(28)29-12-17(26)23-21-18(14-10-6-7-11-16(14)30-21)19(27)13-8-4-3-5-9-13/h3-5,8-9H,2,6-7,10-12H2,1H3,(H,23,26). The second kappa shape index (κ2) is 9.49. The summed E-state index contributed by atoms with van der Waals surface area (Å²) < 4.78 is 8.91. The molecule has 0 saturated carbocycles. The first-order chi connectivity index (χ1) is 15.1. The van der Waals surface area contributed by atoms with Gasteiger partial charge in [-0.25, -0.2) is 4.79 Å². The molecule has 1 amide bonds. The average Bonchev–Trinajstić information content (AvgIpc) is 3.41. The fourth-order valence-corrected chi connectivity index (χ4v) is 5.53. The fraction of sp³-hybridized carbons (Fsp3) is 0.318. The number of ketones is 1. The van der Waals surface area contributed by atoms with Gasteiger partial charge in [-0.15, -0.1) is 16.4 Å². The highest BCUT2D eigenvalue weighted by atomic mass is 32.1. The summed E-state index contributed by atoms with van der Waals surface area (Å²) in [7, 11) is 0. The van der Waals surface area contributed by atoms with Gasteiger partial charge in [-0.3, -0.25) is 9.59 Å². The molecule has 0 radical (unpaired) electrons. The van der Waals surface area contributed by atoms with Crippen LogP contribution in [0, 0.1) is 0 Å². The minimum absolute atomic E-state index is 0.101. The Morgan fingerprint density at radius 1 is 1.13 bits per heavy atom. The molecular formula is C22H21N3O4S2. The normalized spacial score (nSPS) is 12.8. The van der Waals surface area contributed by atoms with Crippen molar-refractivity contribution in [3.8, 4) is 0 Å². The lowest BCUT2D eigenvalue weighted by molar-refractivity contribution is -0.119. The van der Waals surface area contributed by atoms with Crippen LogP contribution in [-0.2, 0) is 28.8 Å². The lowest BCUT2D eigenvalue weighted by atomic mass is 9.92. The van der Waals surface area contributed by atoms with Crippen LogP contribution in [-0.4, -0.2) is 33.9 Å². The highest BCUT2D eigenvalue weighted by Crippen LogP contribution is 2.39. The predicted molar refractivity (Wildman–Crippen MR) is 119 cm³/mol. The molecule has 4 rings (SSSR count). The summed E-state index contributed by atoms with van der Waals surface area (Å²) in [5.41, 5.74) is 2.73. The van der Waals surface area contributed by atoms with Crippen LogP contribution in [0.4, 0.5) is 5.00 Å². The first kappa shape index (κ1) is 21.3. The number of rotatable bonds is 7. The number of carbonyl (C=O) groups is 3. The Kier molecular flexibility index (Phi) is 6.53. The van der Waals surface area contributed by atoms with Crippen molar-refractivity contribution in [2.75, 3.05) is 11.9 Å². The fourth-order valence-electron chi connectivity index (χ4n) is 3.58. The molecule has 2 aromatic heterocycles. The van der Waals surface area contributed by atoms with Crippen LogP contribution in [0.25, 0.3) is 0 Å². The maximum Gasteiger partial charge on any atom is 0.352 e. The first-order valence-electron chi connectivity index (χ1n) is 10.1. The molecule has 0 aliphatic heterocycles. The third-order valence-corrected chi connectivity index (χ3v) is 7.05. The van der Waals surface area contributed by atoms with Crippen LogP contribution >= 0.6 is 22.9 Å². The van der Waals surface area contributed by atoms with Crippen molar-refractivity contribution < 1.29 is 19.1 Å². The molecule has 2 heterocycles. The molecule has 0 unspecified atom stereocenters. The van der Waals surface area contributed by atoms with E-state index in [1.165, 1.54) is 11.3 Å². The first-order valence-corrected chi connectivity index (χ1v) is 11.7. The summed E-state index contributed by atoms with van der Waals surface area (Å²) in [5.74, 6) is -1.20. The van der Waals surface area contributed by atoms with Crippen molar-refractivity contribution in [1.29, 1.82) is 0 Å². The van der Waals surface area contributed by atoms with Crippen LogP contribution in [0.5, 0.6) is 0 Å². The summed E-state index contributed by atoms with van der Waals surface area (Å²) in [6, 6.07) is 9.05. The summed E-state index contributed by atoms with van der Waals surface area (Å²) in [4.78, 5) is 39.5. The second-order valence-corrected chi connectivity index (χ2v) is 9.00. The Bertz CT molecular complexity index is 1120. The van der Waals surface area contributed by atoms with Gasteiger partial charge in [0.1, 0.15) is 5.00 Å². The maximum absolute atomic E-state index is 13.2. The van der Waals surface area contributed by atoms with Gasteiger partial charge in [0.05, 0.1) is 11.3 Å². The molecule has 1 aliphatic rings. The summed E-state index contributed by atoms with van der Waals surface area (Å²) >= 11 is 2.39. The lowest BCUT2D eigenvalue weighted by Crippen LogP contribution is -2.21. The molecule has 0 atom stereocenters. The van der Waals surface area contributed by atoms with E-state index < -0.39 is 18.5 Å². The molecule has 1 aromatic carbocycles. The van der Waals surface area contributed by atoms with Crippen molar-refractivity contribution >= 4 is 45.5 Å². The zero-order valence-electron chi connectivity index (χ0n) is 17.0. The van der Waals surface area contributed by atoms with E-state index in [2.05, 4.69) is 14.9 Å². The number of carbonyl (C=O) groups excluding carboxylic acids is 3. The molecule has 160 valence electrons. The number of amides is 1. The zero-order valence-corrected chi connectivity index (χ0v) is 18.6. The van der Waals surface area contributed by atoms with Crippen LogP contribution in [0.2, 0.25) is 0 Å². The quantitative estimate of drug-likeness (QED) is 0.426.